The van der Waals surface area contributed by atoms with E-state index in [-0.39, 0.29) is 6.61 Å². The monoisotopic (exact) mass is 351 g/mol. The third-order valence-electron chi connectivity index (χ3n) is 4.47. The van der Waals surface area contributed by atoms with E-state index in [0.717, 1.165) is 16.7 Å². The molecule has 0 saturated heterocycles. The second kappa shape index (κ2) is 7.83. The van der Waals surface area contributed by atoms with Gasteiger partial charge < -0.3 is 5.11 Å². The minimum atomic E-state index is -0.629. The largest absolute Gasteiger partial charge is 0.395 e. The zero-order valence-corrected chi connectivity index (χ0v) is 15.0. The Morgan fingerprint density at radius 3 is 2.08 bits per heavy atom. The number of aryl methyl sites for hydroxylation is 1. The number of benzene rings is 3. The zero-order chi connectivity index (χ0) is 17.7. The molecule has 0 aliphatic heterocycles. The molecular weight excluding hydrogens is 330 g/mol. The molecule has 1 atom stereocenters. The van der Waals surface area contributed by atoms with Crippen LogP contribution in [0.2, 0.25) is 5.02 Å². The highest BCUT2D eigenvalue weighted by Gasteiger charge is 2.37. The number of hydrogen-bond acceptors (Lipinski definition) is 2. The summed E-state index contributed by atoms with van der Waals surface area (Å²) in [5.74, 6) is 0. The Kier molecular flexibility index (Phi) is 5.54. The zero-order valence-electron chi connectivity index (χ0n) is 14.2. The van der Waals surface area contributed by atoms with E-state index in [0.29, 0.717) is 11.6 Å². The van der Waals surface area contributed by atoms with E-state index in [4.69, 9.17) is 11.6 Å². The molecule has 25 heavy (non-hydrogen) atoms. The maximum Gasteiger partial charge on any atom is 0.0963 e. The van der Waals surface area contributed by atoms with Crippen LogP contribution in [0, 0.1) is 6.92 Å². The lowest BCUT2D eigenvalue weighted by Crippen LogP contribution is -2.46. The van der Waals surface area contributed by atoms with E-state index >= 15 is 0 Å². The van der Waals surface area contributed by atoms with E-state index in [2.05, 4.69) is 48.6 Å². The van der Waals surface area contributed by atoms with Gasteiger partial charge in [-0.1, -0.05) is 90.0 Å². The maximum atomic E-state index is 9.49. The van der Waals surface area contributed by atoms with Crippen molar-refractivity contribution >= 4 is 11.6 Å². The standard InChI is InChI=1S/C22H22ClNO/c1-17-11-13-19(14-12-17)22(24-15-16-25,18-7-3-2-4-8-18)20-9-5-6-10-21(20)23/h2-14,24-25H,15-16H2,1H3. The predicted octanol–water partition coefficient (Wildman–Crippen LogP) is 4.52. The molecule has 3 aromatic carbocycles. The van der Waals surface area contributed by atoms with Gasteiger partial charge in [0.2, 0.25) is 0 Å². The van der Waals surface area contributed by atoms with Gasteiger partial charge in [0, 0.05) is 11.6 Å². The number of halogens is 1. The lowest BCUT2D eigenvalue weighted by atomic mass is 9.76. The third kappa shape index (κ3) is 3.47. The van der Waals surface area contributed by atoms with E-state index in [1.165, 1.54) is 5.56 Å². The first-order valence-corrected chi connectivity index (χ1v) is 8.80. The first-order valence-electron chi connectivity index (χ1n) is 8.42. The van der Waals surface area contributed by atoms with Crippen LogP contribution in [0.1, 0.15) is 22.3 Å². The van der Waals surface area contributed by atoms with Crippen LogP contribution in [0.25, 0.3) is 0 Å². The van der Waals surface area contributed by atoms with Gasteiger partial charge in [0.05, 0.1) is 12.1 Å². The van der Waals surface area contributed by atoms with Gasteiger partial charge in [-0.15, -0.1) is 0 Å². The molecule has 3 heteroatoms. The van der Waals surface area contributed by atoms with E-state index in [1.807, 2.05) is 42.5 Å². The number of nitrogens with one attached hydrogen (secondary N) is 1. The second-order valence-corrected chi connectivity index (χ2v) is 6.52. The molecule has 0 saturated carbocycles. The molecule has 3 aromatic rings. The SMILES string of the molecule is Cc1ccc(C(NCCO)(c2ccccc2)c2ccccc2Cl)cc1. The highest BCUT2D eigenvalue weighted by Crippen LogP contribution is 2.40. The number of aliphatic hydroxyl groups excluding tert-OH is 1. The fraction of sp³-hybridized carbons (Fsp3) is 0.182. The quantitative estimate of drug-likeness (QED) is 0.640. The Hall–Kier alpha value is -2.13. The number of aliphatic hydroxyl groups is 1. The van der Waals surface area contributed by atoms with E-state index < -0.39 is 5.54 Å². The van der Waals surface area contributed by atoms with Gasteiger partial charge in [-0.3, -0.25) is 5.32 Å². The molecule has 2 nitrogen and oxygen atoms in total. The summed E-state index contributed by atoms with van der Waals surface area (Å²) in [7, 11) is 0. The Bertz CT molecular complexity index is 817. The molecule has 0 radical (unpaired) electrons. The molecule has 0 aliphatic rings. The summed E-state index contributed by atoms with van der Waals surface area (Å²) in [5.41, 5.74) is 3.72. The predicted molar refractivity (Wildman–Crippen MR) is 104 cm³/mol. The maximum absolute atomic E-state index is 9.49. The smallest absolute Gasteiger partial charge is 0.0963 e. The summed E-state index contributed by atoms with van der Waals surface area (Å²) in [6.45, 7) is 2.57. The summed E-state index contributed by atoms with van der Waals surface area (Å²) >= 11 is 6.62. The van der Waals surface area contributed by atoms with Crippen LogP contribution in [0.3, 0.4) is 0 Å². The van der Waals surface area contributed by atoms with Crippen LogP contribution in [0.15, 0.2) is 78.9 Å². The number of hydrogen-bond donors (Lipinski definition) is 2. The van der Waals surface area contributed by atoms with Gasteiger partial charge in [-0.25, -0.2) is 0 Å². The molecule has 0 fully saturated rings. The minimum absolute atomic E-state index is 0.0465. The number of rotatable bonds is 6. The van der Waals surface area contributed by atoms with Crippen molar-refractivity contribution in [3.63, 3.8) is 0 Å². The van der Waals surface area contributed by atoms with Crippen LogP contribution >= 0.6 is 11.6 Å². The van der Waals surface area contributed by atoms with E-state index in [1.54, 1.807) is 0 Å². The Morgan fingerprint density at radius 2 is 1.44 bits per heavy atom. The fourth-order valence-corrected chi connectivity index (χ4v) is 3.55. The molecule has 0 aromatic heterocycles. The van der Waals surface area contributed by atoms with Crippen LogP contribution < -0.4 is 5.32 Å². The lowest BCUT2D eigenvalue weighted by molar-refractivity contribution is 0.277. The summed E-state index contributed by atoms with van der Waals surface area (Å²) in [6.07, 6.45) is 0. The average molecular weight is 352 g/mol. The van der Waals surface area contributed by atoms with Crippen molar-refractivity contribution in [3.8, 4) is 0 Å². The molecule has 0 bridgehead atoms. The molecule has 0 spiro atoms. The molecule has 0 amide bonds. The van der Waals surface area contributed by atoms with Gasteiger partial charge in [0.25, 0.3) is 0 Å². The Morgan fingerprint density at radius 1 is 0.840 bits per heavy atom. The summed E-state index contributed by atoms with van der Waals surface area (Å²) < 4.78 is 0. The normalized spacial score (nSPS) is 13.4. The molecule has 2 N–H and O–H groups in total. The molecular formula is C22H22ClNO. The van der Waals surface area contributed by atoms with Crippen LogP contribution in [0.4, 0.5) is 0 Å². The molecule has 0 aliphatic carbocycles. The Labute approximate surface area is 154 Å². The van der Waals surface area contributed by atoms with Gasteiger partial charge in [0.1, 0.15) is 0 Å². The third-order valence-corrected chi connectivity index (χ3v) is 4.80. The van der Waals surface area contributed by atoms with Crippen molar-refractivity contribution < 1.29 is 5.11 Å². The van der Waals surface area contributed by atoms with Crippen molar-refractivity contribution in [1.29, 1.82) is 0 Å². The van der Waals surface area contributed by atoms with Crippen molar-refractivity contribution in [2.45, 2.75) is 12.5 Å². The average Bonchev–Trinajstić information content (AvgIpc) is 2.65. The van der Waals surface area contributed by atoms with Crippen LogP contribution in [0.5, 0.6) is 0 Å². The van der Waals surface area contributed by atoms with Gasteiger partial charge in [-0.05, 0) is 29.7 Å². The van der Waals surface area contributed by atoms with Crippen molar-refractivity contribution in [2.24, 2.45) is 0 Å². The minimum Gasteiger partial charge on any atom is -0.395 e. The topological polar surface area (TPSA) is 32.3 Å². The molecule has 1 unspecified atom stereocenters. The lowest BCUT2D eigenvalue weighted by Gasteiger charge is -2.37. The fourth-order valence-electron chi connectivity index (χ4n) is 3.28. The van der Waals surface area contributed by atoms with Crippen molar-refractivity contribution in [3.05, 3.63) is 106 Å². The van der Waals surface area contributed by atoms with Gasteiger partial charge in [0.15, 0.2) is 0 Å². The summed E-state index contributed by atoms with van der Waals surface area (Å²) in [5, 5.41) is 13.7. The summed E-state index contributed by atoms with van der Waals surface area (Å²) in [4.78, 5) is 0. The Balaban J connectivity index is 2.31. The first-order chi connectivity index (χ1) is 12.2. The van der Waals surface area contributed by atoms with Crippen molar-refractivity contribution in [2.75, 3.05) is 13.2 Å². The van der Waals surface area contributed by atoms with Gasteiger partial charge >= 0.3 is 0 Å². The highest BCUT2D eigenvalue weighted by atomic mass is 35.5. The van der Waals surface area contributed by atoms with E-state index in [9.17, 15) is 5.11 Å². The molecule has 3 rings (SSSR count). The van der Waals surface area contributed by atoms with Crippen molar-refractivity contribution in [1.82, 2.24) is 5.32 Å². The van der Waals surface area contributed by atoms with Crippen LogP contribution in [-0.2, 0) is 5.54 Å². The van der Waals surface area contributed by atoms with Crippen LogP contribution in [-0.4, -0.2) is 18.3 Å². The van der Waals surface area contributed by atoms with Gasteiger partial charge in [-0.2, -0.15) is 0 Å². The summed E-state index contributed by atoms with van der Waals surface area (Å²) in [6, 6.07) is 26.6. The first kappa shape index (κ1) is 17.7. The molecule has 128 valence electrons. The molecule has 0 heterocycles. The second-order valence-electron chi connectivity index (χ2n) is 6.11. The highest BCUT2D eigenvalue weighted by molar-refractivity contribution is 6.31.